The second-order valence-electron chi connectivity index (χ2n) is 6.36. The van der Waals surface area contributed by atoms with Crippen LogP contribution in [0.4, 0.5) is 25.0 Å². The summed E-state index contributed by atoms with van der Waals surface area (Å²) in [7, 11) is 0. The van der Waals surface area contributed by atoms with Gasteiger partial charge in [-0.1, -0.05) is 0 Å². The first-order chi connectivity index (χ1) is 13.5. The molecule has 0 aromatic heterocycles. The average Bonchev–Trinajstić information content (AvgIpc) is 3.04. The minimum absolute atomic E-state index is 0.137. The zero-order valence-corrected chi connectivity index (χ0v) is 14.8. The molecule has 0 saturated carbocycles. The Kier molecular flexibility index (Phi) is 4.72. The normalized spacial score (nSPS) is 15.7. The number of halogens is 2. The molecule has 0 bridgehead atoms. The summed E-state index contributed by atoms with van der Waals surface area (Å²) in [6.45, 7) is 1.42. The van der Waals surface area contributed by atoms with Crippen LogP contribution in [0.15, 0.2) is 36.4 Å². The van der Waals surface area contributed by atoms with Crippen molar-refractivity contribution in [3.8, 4) is 11.5 Å². The largest absolute Gasteiger partial charge is 0.486 e. The van der Waals surface area contributed by atoms with Crippen LogP contribution in [0.25, 0.3) is 0 Å². The summed E-state index contributed by atoms with van der Waals surface area (Å²) in [6.07, 6.45) is 0. The fourth-order valence-corrected chi connectivity index (χ4v) is 3.12. The van der Waals surface area contributed by atoms with Crippen molar-refractivity contribution < 1.29 is 27.8 Å². The van der Waals surface area contributed by atoms with Gasteiger partial charge in [-0.3, -0.25) is 9.69 Å². The van der Waals surface area contributed by atoms with Gasteiger partial charge in [0.2, 0.25) is 5.91 Å². The van der Waals surface area contributed by atoms with Gasteiger partial charge in [0, 0.05) is 30.9 Å². The Balaban J connectivity index is 1.41. The van der Waals surface area contributed by atoms with Crippen LogP contribution in [0.2, 0.25) is 0 Å². The van der Waals surface area contributed by atoms with E-state index in [1.165, 1.54) is 9.80 Å². The number of hydrogen-bond donors (Lipinski definition) is 1. The van der Waals surface area contributed by atoms with Gasteiger partial charge in [-0.2, -0.15) is 0 Å². The summed E-state index contributed by atoms with van der Waals surface area (Å²) in [6, 6.07) is 7.74. The number of fused-ring (bicyclic) bond motifs is 1. The first-order valence-corrected chi connectivity index (χ1v) is 8.72. The number of ether oxygens (including phenoxy) is 2. The van der Waals surface area contributed by atoms with Gasteiger partial charge in [0.05, 0.1) is 5.69 Å². The van der Waals surface area contributed by atoms with Crippen LogP contribution >= 0.6 is 0 Å². The third kappa shape index (κ3) is 3.55. The molecule has 0 atom stereocenters. The van der Waals surface area contributed by atoms with Gasteiger partial charge in [0.25, 0.3) is 0 Å². The average molecular weight is 389 g/mol. The number of benzene rings is 2. The van der Waals surface area contributed by atoms with Gasteiger partial charge in [-0.25, -0.2) is 13.6 Å². The van der Waals surface area contributed by atoms with Crippen LogP contribution in [-0.2, 0) is 4.79 Å². The smallest absolute Gasteiger partial charge is 0.325 e. The summed E-state index contributed by atoms with van der Waals surface area (Å²) >= 11 is 0. The summed E-state index contributed by atoms with van der Waals surface area (Å²) in [5.41, 5.74) is 0.503. The Morgan fingerprint density at radius 3 is 2.61 bits per heavy atom. The Labute approximate surface area is 159 Å². The Morgan fingerprint density at radius 1 is 1.04 bits per heavy atom. The number of carbonyl (C=O) groups excluding carboxylic acids is 2. The van der Waals surface area contributed by atoms with Gasteiger partial charge in [-0.15, -0.1) is 0 Å². The summed E-state index contributed by atoms with van der Waals surface area (Å²) in [4.78, 5) is 27.7. The minimum atomic E-state index is -0.876. The maximum absolute atomic E-state index is 13.7. The van der Waals surface area contributed by atoms with Crippen molar-refractivity contribution in [1.29, 1.82) is 0 Å². The lowest BCUT2D eigenvalue weighted by Crippen LogP contribution is -2.37. The highest BCUT2D eigenvalue weighted by Crippen LogP contribution is 2.35. The number of urea groups is 1. The maximum Gasteiger partial charge on any atom is 0.325 e. The Hall–Kier alpha value is -3.36. The van der Waals surface area contributed by atoms with Crippen molar-refractivity contribution in [3.63, 3.8) is 0 Å². The van der Waals surface area contributed by atoms with Crippen LogP contribution in [0, 0.1) is 11.6 Å². The molecule has 2 aromatic carbocycles. The summed E-state index contributed by atoms with van der Waals surface area (Å²) in [5, 5.41) is 2.35. The lowest BCUT2D eigenvalue weighted by Gasteiger charge is -2.22. The van der Waals surface area contributed by atoms with Crippen LogP contribution < -0.4 is 19.7 Å². The predicted molar refractivity (Wildman–Crippen MR) is 96.7 cm³/mol. The molecule has 2 aliphatic heterocycles. The third-order valence-corrected chi connectivity index (χ3v) is 4.47. The Bertz CT molecular complexity index is 937. The van der Waals surface area contributed by atoms with E-state index in [0.29, 0.717) is 49.6 Å². The minimum Gasteiger partial charge on any atom is -0.486 e. The van der Waals surface area contributed by atoms with E-state index in [2.05, 4.69) is 5.32 Å². The lowest BCUT2D eigenvalue weighted by atomic mass is 10.2. The fraction of sp³-hybridized carbons (Fsp3) is 0.263. The van der Waals surface area contributed by atoms with E-state index in [1.807, 2.05) is 0 Å². The number of nitrogens with zero attached hydrogens (tertiary/aromatic N) is 2. The van der Waals surface area contributed by atoms with E-state index >= 15 is 0 Å². The molecule has 1 saturated heterocycles. The zero-order valence-electron chi connectivity index (χ0n) is 14.8. The number of carbonyl (C=O) groups is 2. The highest BCUT2D eigenvalue weighted by Gasteiger charge is 2.31. The maximum atomic E-state index is 13.7. The van der Waals surface area contributed by atoms with Crippen molar-refractivity contribution in [2.45, 2.75) is 0 Å². The molecular formula is C19H17F2N3O4. The van der Waals surface area contributed by atoms with Gasteiger partial charge < -0.3 is 19.7 Å². The summed E-state index contributed by atoms with van der Waals surface area (Å²) in [5.74, 6) is -0.985. The standard InChI is InChI=1S/C19H17F2N3O4/c20-12-1-3-15(14(21)9-12)22-18(25)11-23-5-6-24(19(23)26)13-2-4-16-17(10-13)28-8-7-27-16/h1-4,9-10H,5-8,11H2,(H,22,25). The molecule has 3 amide bonds. The molecule has 0 aliphatic carbocycles. The molecule has 1 fully saturated rings. The first kappa shape index (κ1) is 18.0. The van der Waals surface area contributed by atoms with E-state index < -0.39 is 17.5 Å². The molecule has 1 N–H and O–H groups in total. The van der Waals surface area contributed by atoms with Gasteiger partial charge in [0.15, 0.2) is 11.5 Å². The summed E-state index contributed by atoms with van der Waals surface area (Å²) < 4.78 is 37.6. The quantitative estimate of drug-likeness (QED) is 0.873. The van der Waals surface area contributed by atoms with E-state index in [-0.39, 0.29) is 18.3 Å². The van der Waals surface area contributed by atoms with Crippen LogP contribution in [-0.4, -0.2) is 49.7 Å². The van der Waals surface area contributed by atoms with Crippen LogP contribution in [0.3, 0.4) is 0 Å². The Morgan fingerprint density at radius 2 is 1.82 bits per heavy atom. The topological polar surface area (TPSA) is 71.1 Å². The molecule has 2 aromatic rings. The van der Waals surface area contributed by atoms with Crippen molar-refractivity contribution in [2.75, 3.05) is 43.1 Å². The lowest BCUT2D eigenvalue weighted by molar-refractivity contribution is -0.116. The van der Waals surface area contributed by atoms with Crippen molar-refractivity contribution in [1.82, 2.24) is 4.90 Å². The molecular weight excluding hydrogens is 372 g/mol. The molecule has 4 rings (SSSR count). The second-order valence-corrected chi connectivity index (χ2v) is 6.36. The van der Waals surface area contributed by atoms with Crippen LogP contribution in [0.1, 0.15) is 0 Å². The van der Waals surface area contributed by atoms with E-state index in [9.17, 15) is 18.4 Å². The number of anilines is 2. The molecule has 0 radical (unpaired) electrons. The number of nitrogens with one attached hydrogen (secondary N) is 1. The highest BCUT2D eigenvalue weighted by atomic mass is 19.1. The zero-order chi connectivity index (χ0) is 19.7. The monoisotopic (exact) mass is 389 g/mol. The van der Waals surface area contributed by atoms with E-state index in [4.69, 9.17) is 9.47 Å². The van der Waals surface area contributed by atoms with Crippen molar-refractivity contribution in [3.05, 3.63) is 48.0 Å². The molecule has 2 heterocycles. The first-order valence-electron chi connectivity index (χ1n) is 8.72. The second kappa shape index (κ2) is 7.34. The number of rotatable bonds is 4. The van der Waals surface area contributed by atoms with E-state index in [0.717, 1.165) is 12.1 Å². The molecule has 9 heteroatoms. The van der Waals surface area contributed by atoms with Gasteiger partial charge in [0.1, 0.15) is 31.4 Å². The van der Waals surface area contributed by atoms with Crippen molar-refractivity contribution in [2.24, 2.45) is 0 Å². The van der Waals surface area contributed by atoms with Gasteiger partial charge in [-0.05, 0) is 24.3 Å². The molecule has 28 heavy (non-hydrogen) atoms. The molecule has 0 unspecified atom stereocenters. The van der Waals surface area contributed by atoms with Gasteiger partial charge >= 0.3 is 6.03 Å². The molecule has 2 aliphatic rings. The van der Waals surface area contributed by atoms with E-state index in [1.54, 1.807) is 18.2 Å². The SMILES string of the molecule is O=C(CN1CCN(c2ccc3c(c2)OCCO3)C1=O)Nc1ccc(F)cc1F. The highest BCUT2D eigenvalue weighted by molar-refractivity contribution is 5.99. The number of hydrogen-bond acceptors (Lipinski definition) is 4. The molecule has 0 spiro atoms. The molecule has 7 nitrogen and oxygen atoms in total. The third-order valence-electron chi connectivity index (χ3n) is 4.47. The predicted octanol–water partition coefficient (Wildman–Crippen LogP) is 2.62. The van der Waals surface area contributed by atoms with Crippen LogP contribution in [0.5, 0.6) is 11.5 Å². The number of amides is 3. The molecule has 146 valence electrons. The van der Waals surface area contributed by atoms with Crippen molar-refractivity contribution >= 4 is 23.3 Å². The fourth-order valence-electron chi connectivity index (χ4n) is 3.12.